The number of hydrogen-bond acceptors (Lipinski definition) is 4. The molecule has 1 amide bonds. The third-order valence-corrected chi connectivity index (χ3v) is 3.90. The van der Waals surface area contributed by atoms with Crippen molar-refractivity contribution in [1.29, 1.82) is 0 Å². The maximum Gasteiger partial charge on any atom is 0.406 e. The second-order valence-electron chi connectivity index (χ2n) is 4.98. The average molecular weight is 357 g/mol. The topological polar surface area (TPSA) is 46.6 Å². The summed E-state index contributed by atoms with van der Waals surface area (Å²) in [4.78, 5) is 24.5. The van der Waals surface area contributed by atoms with Crippen LogP contribution in [0.3, 0.4) is 0 Å². The number of carbonyl (C=O) groups is 2. The van der Waals surface area contributed by atoms with Crippen LogP contribution in [0.2, 0.25) is 0 Å². The summed E-state index contributed by atoms with van der Waals surface area (Å²) in [6, 6.07) is 6.98. The Labute approximate surface area is 140 Å². The molecule has 0 aliphatic heterocycles. The van der Waals surface area contributed by atoms with Crippen LogP contribution in [0.15, 0.2) is 41.1 Å². The van der Waals surface area contributed by atoms with Crippen LogP contribution < -0.4 is 0 Å². The highest BCUT2D eigenvalue weighted by Gasteiger charge is 2.33. The Hall–Kier alpha value is -2.35. The van der Waals surface area contributed by atoms with Gasteiger partial charge in [0.25, 0.3) is 5.91 Å². The minimum atomic E-state index is -4.50. The highest BCUT2D eigenvalue weighted by molar-refractivity contribution is 7.07. The molecule has 0 radical (unpaired) electrons. The minimum absolute atomic E-state index is 0.0714. The smallest absolute Gasteiger partial charge is 0.406 e. The first-order valence-electron chi connectivity index (χ1n) is 6.85. The van der Waals surface area contributed by atoms with E-state index in [1.807, 2.05) is 0 Å². The SMILES string of the molecule is COC(=O)c1ccc(C(=O)N(Cc2ccsc2)CC(F)(F)F)cc1. The molecule has 0 saturated carbocycles. The number of nitrogens with zero attached hydrogens (tertiary/aromatic N) is 1. The Morgan fingerprint density at radius 3 is 2.25 bits per heavy atom. The second kappa shape index (κ2) is 7.48. The van der Waals surface area contributed by atoms with Gasteiger partial charge in [-0.1, -0.05) is 0 Å². The van der Waals surface area contributed by atoms with Crippen molar-refractivity contribution in [3.05, 3.63) is 57.8 Å². The number of amides is 1. The number of thiophene rings is 1. The van der Waals surface area contributed by atoms with Crippen LogP contribution in [0.25, 0.3) is 0 Å². The first-order valence-corrected chi connectivity index (χ1v) is 7.80. The first-order chi connectivity index (χ1) is 11.3. The molecule has 0 spiro atoms. The molecular formula is C16H14F3NO3S. The molecule has 0 aliphatic rings. The molecular weight excluding hydrogens is 343 g/mol. The van der Waals surface area contributed by atoms with Gasteiger partial charge < -0.3 is 9.64 Å². The number of ether oxygens (including phenoxy) is 1. The van der Waals surface area contributed by atoms with Gasteiger partial charge >= 0.3 is 12.1 Å². The molecule has 0 N–H and O–H groups in total. The lowest BCUT2D eigenvalue weighted by atomic mass is 10.1. The zero-order valence-corrected chi connectivity index (χ0v) is 13.5. The summed E-state index contributed by atoms with van der Waals surface area (Å²) in [5.74, 6) is -1.34. The van der Waals surface area contributed by atoms with Crippen LogP contribution in [-0.2, 0) is 11.3 Å². The van der Waals surface area contributed by atoms with E-state index in [0.29, 0.717) is 5.56 Å². The van der Waals surface area contributed by atoms with E-state index in [1.54, 1.807) is 16.8 Å². The highest BCUT2D eigenvalue weighted by atomic mass is 32.1. The predicted molar refractivity (Wildman–Crippen MR) is 82.9 cm³/mol. The maximum absolute atomic E-state index is 12.8. The van der Waals surface area contributed by atoms with Crippen LogP contribution in [0.5, 0.6) is 0 Å². The summed E-state index contributed by atoms with van der Waals surface area (Å²) in [6.07, 6.45) is -4.50. The van der Waals surface area contributed by atoms with Crippen LogP contribution in [0.4, 0.5) is 13.2 Å². The Bertz CT molecular complexity index is 696. The molecule has 0 saturated heterocycles. The average Bonchev–Trinajstić information content (AvgIpc) is 3.04. The number of methoxy groups -OCH3 is 1. The molecule has 0 atom stereocenters. The molecule has 0 fully saturated rings. The van der Waals surface area contributed by atoms with E-state index >= 15 is 0 Å². The van der Waals surface area contributed by atoms with Crippen molar-refractivity contribution in [2.75, 3.05) is 13.7 Å². The monoisotopic (exact) mass is 357 g/mol. The standard InChI is InChI=1S/C16H14F3NO3S/c1-23-15(22)13-4-2-12(3-5-13)14(21)20(10-16(17,18)19)8-11-6-7-24-9-11/h2-7,9H,8,10H2,1H3. The van der Waals surface area contributed by atoms with Crippen molar-refractivity contribution in [3.63, 3.8) is 0 Å². The van der Waals surface area contributed by atoms with E-state index < -0.39 is 24.6 Å². The molecule has 2 rings (SSSR count). The molecule has 2 aromatic rings. The van der Waals surface area contributed by atoms with Gasteiger partial charge in [0, 0.05) is 12.1 Å². The van der Waals surface area contributed by atoms with Gasteiger partial charge in [0.1, 0.15) is 6.54 Å². The van der Waals surface area contributed by atoms with Crippen LogP contribution in [0.1, 0.15) is 26.3 Å². The lowest BCUT2D eigenvalue weighted by molar-refractivity contribution is -0.141. The predicted octanol–water partition coefficient (Wildman–Crippen LogP) is 3.74. The van der Waals surface area contributed by atoms with Gasteiger partial charge in [0.15, 0.2) is 0 Å². The molecule has 0 bridgehead atoms. The van der Waals surface area contributed by atoms with Crippen molar-refractivity contribution in [2.45, 2.75) is 12.7 Å². The second-order valence-corrected chi connectivity index (χ2v) is 5.76. The molecule has 128 valence electrons. The van der Waals surface area contributed by atoms with Crippen molar-refractivity contribution in [2.24, 2.45) is 0 Å². The van der Waals surface area contributed by atoms with Crippen LogP contribution in [0, 0.1) is 0 Å². The van der Waals surface area contributed by atoms with Crippen molar-refractivity contribution < 1.29 is 27.5 Å². The highest BCUT2D eigenvalue weighted by Crippen LogP contribution is 2.21. The third kappa shape index (κ3) is 4.82. The Morgan fingerprint density at radius 1 is 1.12 bits per heavy atom. The lowest BCUT2D eigenvalue weighted by Crippen LogP contribution is -2.38. The van der Waals surface area contributed by atoms with Gasteiger partial charge in [-0.3, -0.25) is 4.79 Å². The fourth-order valence-electron chi connectivity index (χ4n) is 2.07. The largest absolute Gasteiger partial charge is 0.465 e. The first kappa shape index (κ1) is 18.0. The molecule has 1 aromatic heterocycles. The number of esters is 1. The Kier molecular flexibility index (Phi) is 5.61. The molecule has 0 unspecified atom stereocenters. The van der Waals surface area contributed by atoms with Gasteiger partial charge in [-0.05, 0) is 46.7 Å². The normalized spacial score (nSPS) is 11.2. The number of halogens is 3. The number of hydrogen-bond donors (Lipinski definition) is 0. The number of rotatable bonds is 5. The van der Waals surface area contributed by atoms with Gasteiger partial charge in [0.2, 0.25) is 0 Å². The quantitative estimate of drug-likeness (QED) is 0.766. The zero-order chi connectivity index (χ0) is 17.7. The van der Waals surface area contributed by atoms with Gasteiger partial charge in [-0.2, -0.15) is 24.5 Å². The number of carbonyl (C=O) groups excluding carboxylic acids is 2. The van der Waals surface area contributed by atoms with Crippen molar-refractivity contribution >= 4 is 23.2 Å². The molecule has 24 heavy (non-hydrogen) atoms. The van der Waals surface area contributed by atoms with Gasteiger partial charge in [-0.15, -0.1) is 0 Å². The van der Waals surface area contributed by atoms with E-state index in [1.165, 1.54) is 42.7 Å². The fourth-order valence-corrected chi connectivity index (χ4v) is 2.73. The maximum atomic E-state index is 12.8. The molecule has 8 heteroatoms. The number of benzene rings is 1. The van der Waals surface area contributed by atoms with Crippen LogP contribution >= 0.6 is 11.3 Å². The molecule has 1 heterocycles. The van der Waals surface area contributed by atoms with E-state index in [2.05, 4.69) is 4.74 Å². The summed E-state index contributed by atoms with van der Waals surface area (Å²) >= 11 is 1.34. The minimum Gasteiger partial charge on any atom is -0.465 e. The molecule has 0 aliphatic carbocycles. The Balaban J connectivity index is 2.21. The lowest BCUT2D eigenvalue weighted by Gasteiger charge is -2.23. The van der Waals surface area contributed by atoms with Crippen molar-refractivity contribution in [3.8, 4) is 0 Å². The molecule has 1 aromatic carbocycles. The summed E-state index contributed by atoms with van der Waals surface area (Å²) < 4.78 is 42.9. The van der Waals surface area contributed by atoms with E-state index in [-0.39, 0.29) is 17.7 Å². The van der Waals surface area contributed by atoms with Crippen LogP contribution in [-0.4, -0.2) is 36.6 Å². The van der Waals surface area contributed by atoms with E-state index in [0.717, 1.165) is 4.90 Å². The fraction of sp³-hybridized carbons (Fsp3) is 0.250. The third-order valence-electron chi connectivity index (χ3n) is 3.16. The zero-order valence-electron chi connectivity index (χ0n) is 12.7. The summed E-state index contributed by atoms with van der Waals surface area (Å²) in [7, 11) is 1.22. The summed E-state index contributed by atoms with van der Waals surface area (Å²) in [5.41, 5.74) is 0.917. The Morgan fingerprint density at radius 2 is 1.75 bits per heavy atom. The van der Waals surface area contributed by atoms with Gasteiger partial charge in [0.05, 0.1) is 12.7 Å². The summed E-state index contributed by atoms with van der Waals surface area (Å²) in [6.45, 7) is -1.49. The van der Waals surface area contributed by atoms with E-state index in [4.69, 9.17) is 0 Å². The molecule has 4 nitrogen and oxygen atoms in total. The number of alkyl halides is 3. The van der Waals surface area contributed by atoms with E-state index in [9.17, 15) is 22.8 Å². The van der Waals surface area contributed by atoms with Crippen molar-refractivity contribution in [1.82, 2.24) is 4.90 Å². The van der Waals surface area contributed by atoms with Gasteiger partial charge in [-0.25, -0.2) is 4.79 Å². The summed E-state index contributed by atoms with van der Waals surface area (Å²) in [5, 5.41) is 3.42.